The Morgan fingerprint density at radius 1 is 0.656 bits per heavy atom. The molecule has 8 heteroatoms. The zero-order chi connectivity index (χ0) is 22.8. The van der Waals surface area contributed by atoms with Gasteiger partial charge in [0, 0.05) is 38.6 Å². The maximum atomic E-state index is 12.8. The van der Waals surface area contributed by atoms with E-state index in [0.717, 1.165) is 22.5 Å². The number of aliphatic hydroxyl groups excluding tert-OH is 2. The lowest BCUT2D eigenvalue weighted by Gasteiger charge is -2.18. The molecule has 0 radical (unpaired) electrons. The molecule has 2 aliphatic heterocycles. The molecule has 2 aromatic carbocycles. The Kier molecular flexibility index (Phi) is 5.98. The molecular weight excluding hydrogens is 408 g/mol. The standard InChI is InChI=1S/C24H26N4O4/c1-27(11-13-29)17-7-3-15(4-8-17)21-19-20(24(32)25-21)22(26-23(19)31)16-5-9-18(10-6-16)28(2)12-14-30/h3-10,29-30H,11-14H2,1-2H3,(H,25,32)(H,26,31). The summed E-state index contributed by atoms with van der Waals surface area (Å²) >= 11 is 0. The van der Waals surface area contributed by atoms with Crippen LogP contribution >= 0.6 is 0 Å². The van der Waals surface area contributed by atoms with Crippen molar-refractivity contribution >= 4 is 34.6 Å². The first kappa shape index (κ1) is 21.6. The van der Waals surface area contributed by atoms with Crippen molar-refractivity contribution in [3.63, 3.8) is 0 Å². The van der Waals surface area contributed by atoms with Gasteiger partial charge in [0.2, 0.25) is 0 Å². The number of anilines is 2. The third kappa shape index (κ3) is 3.86. The minimum Gasteiger partial charge on any atom is -0.395 e. The molecule has 4 rings (SSSR count). The van der Waals surface area contributed by atoms with Crippen molar-refractivity contribution in [2.45, 2.75) is 0 Å². The Balaban J connectivity index is 1.67. The van der Waals surface area contributed by atoms with Crippen LogP contribution in [0.4, 0.5) is 11.4 Å². The monoisotopic (exact) mass is 434 g/mol. The molecule has 2 aromatic rings. The molecule has 0 fully saturated rings. The lowest BCUT2D eigenvalue weighted by atomic mass is 10.0. The molecule has 166 valence electrons. The van der Waals surface area contributed by atoms with Crippen LogP contribution in [-0.2, 0) is 9.59 Å². The smallest absolute Gasteiger partial charge is 0.258 e. The van der Waals surface area contributed by atoms with Gasteiger partial charge in [-0.2, -0.15) is 0 Å². The average Bonchev–Trinajstić information content (AvgIpc) is 3.32. The number of benzene rings is 2. The minimum atomic E-state index is -0.314. The van der Waals surface area contributed by atoms with E-state index in [0.29, 0.717) is 35.6 Å². The van der Waals surface area contributed by atoms with Crippen LogP contribution in [-0.4, -0.2) is 62.4 Å². The van der Waals surface area contributed by atoms with Crippen LogP contribution in [0.15, 0.2) is 59.7 Å². The Labute approximate surface area is 186 Å². The van der Waals surface area contributed by atoms with Gasteiger partial charge in [0.05, 0.1) is 35.8 Å². The molecule has 32 heavy (non-hydrogen) atoms. The summed E-state index contributed by atoms with van der Waals surface area (Å²) in [4.78, 5) is 29.5. The second-order valence-electron chi connectivity index (χ2n) is 7.79. The van der Waals surface area contributed by atoms with Crippen LogP contribution in [0.2, 0.25) is 0 Å². The molecule has 0 unspecified atom stereocenters. The van der Waals surface area contributed by atoms with E-state index in [1.165, 1.54) is 0 Å². The van der Waals surface area contributed by atoms with Crippen LogP contribution in [0.5, 0.6) is 0 Å². The molecule has 2 aliphatic rings. The van der Waals surface area contributed by atoms with E-state index >= 15 is 0 Å². The SMILES string of the molecule is CN(CCO)c1ccc(C2=C3C(=O)NC(c4ccc(N(C)CCO)cc4)=C3C(=O)N2)cc1. The predicted molar refractivity (Wildman–Crippen MR) is 124 cm³/mol. The summed E-state index contributed by atoms with van der Waals surface area (Å²) in [5, 5.41) is 23.9. The molecule has 0 aliphatic carbocycles. The van der Waals surface area contributed by atoms with Gasteiger partial charge in [0.15, 0.2) is 0 Å². The van der Waals surface area contributed by atoms with Crippen molar-refractivity contribution in [3.8, 4) is 0 Å². The summed E-state index contributed by atoms with van der Waals surface area (Å²) in [5.41, 5.74) is 5.02. The molecule has 0 atom stereocenters. The van der Waals surface area contributed by atoms with Gasteiger partial charge in [0.1, 0.15) is 0 Å². The van der Waals surface area contributed by atoms with Crippen LogP contribution in [0.3, 0.4) is 0 Å². The maximum Gasteiger partial charge on any atom is 0.258 e. The molecule has 0 saturated heterocycles. The molecule has 0 spiro atoms. The third-order valence-electron chi connectivity index (χ3n) is 5.75. The van der Waals surface area contributed by atoms with E-state index in [9.17, 15) is 9.59 Å². The van der Waals surface area contributed by atoms with E-state index in [2.05, 4.69) is 10.6 Å². The third-order valence-corrected chi connectivity index (χ3v) is 5.75. The largest absolute Gasteiger partial charge is 0.395 e. The number of rotatable bonds is 8. The van der Waals surface area contributed by atoms with Crippen molar-refractivity contribution in [1.82, 2.24) is 10.6 Å². The van der Waals surface area contributed by atoms with Gasteiger partial charge >= 0.3 is 0 Å². The Hall–Kier alpha value is -3.62. The molecule has 0 aromatic heterocycles. The van der Waals surface area contributed by atoms with Gasteiger partial charge in [0.25, 0.3) is 11.8 Å². The van der Waals surface area contributed by atoms with Crippen LogP contribution in [0.1, 0.15) is 11.1 Å². The van der Waals surface area contributed by atoms with Crippen molar-refractivity contribution < 1.29 is 19.8 Å². The predicted octanol–water partition coefficient (Wildman–Crippen LogP) is 0.926. The second kappa shape index (κ2) is 8.86. The summed E-state index contributed by atoms with van der Waals surface area (Å²) < 4.78 is 0. The summed E-state index contributed by atoms with van der Waals surface area (Å²) in [6.07, 6.45) is 0. The van der Waals surface area contributed by atoms with Crippen molar-refractivity contribution in [2.75, 3.05) is 50.2 Å². The molecule has 0 bridgehead atoms. The maximum absolute atomic E-state index is 12.8. The Morgan fingerprint density at radius 3 is 1.31 bits per heavy atom. The van der Waals surface area contributed by atoms with Gasteiger partial charge in [-0.3, -0.25) is 9.59 Å². The van der Waals surface area contributed by atoms with Crippen molar-refractivity contribution in [1.29, 1.82) is 0 Å². The van der Waals surface area contributed by atoms with Gasteiger partial charge in [-0.15, -0.1) is 0 Å². The molecular formula is C24H26N4O4. The fourth-order valence-electron chi connectivity index (χ4n) is 3.94. The molecule has 0 saturated carbocycles. The lowest BCUT2D eigenvalue weighted by Crippen LogP contribution is -2.22. The number of nitrogens with zero attached hydrogens (tertiary/aromatic N) is 2. The zero-order valence-corrected chi connectivity index (χ0v) is 18.1. The Morgan fingerprint density at radius 2 is 1.00 bits per heavy atom. The first-order chi connectivity index (χ1) is 15.4. The number of aliphatic hydroxyl groups is 2. The van der Waals surface area contributed by atoms with Crippen LogP contribution in [0, 0.1) is 0 Å². The summed E-state index contributed by atoms with van der Waals surface area (Å²) in [6.45, 7) is 1.13. The molecule has 2 amide bonds. The van der Waals surface area contributed by atoms with Gasteiger partial charge in [-0.05, 0) is 35.4 Å². The average molecular weight is 434 g/mol. The van der Waals surface area contributed by atoms with Crippen molar-refractivity contribution in [2.24, 2.45) is 0 Å². The van der Waals surface area contributed by atoms with E-state index in [4.69, 9.17) is 10.2 Å². The highest BCUT2D eigenvalue weighted by Crippen LogP contribution is 2.37. The highest BCUT2D eigenvalue weighted by molar-refractivity contribution is 6.30. The normalized spacial score (nSPS) is 15.1. The Bertz CT molecular complexity index is 1010. The van der Waals surface area contributed by atoms with E-state index in [1.807, 2.05) is 72.4 Å². The number of hydrogen-bond donors (Lipinski definition) is 4. The number of amides is 2. The topological polar surface area (TPSA) is 105 Å². The number of hydrogen-bond acceptors (Lipinski definition) is 6. The molecule has 4 N–H and O–H groups in total. The number of nitrogens with one attached hydrogen (secondary N) is 2. The van der Waals surface area contributed by atoms with Gasteiger partial charge in [-0.1, -0.05) is 24.3 Å². The second-order valence-corrected chi connectivity index (χ2v) is 7.79. The fourth-order valence-corrected chi connectivity index (χ4v) is 3.94. The van der Waals surface area contributed by atoms with E-state index in [-0.39, 0.29) is 25.0 Å². The van der Waals surface area contributed by atoms with Gasteiger partial charge in [-0.25, -0.2) is 0 Å². The quantitative estimate of drug-likeness (QED) is 0.493. The number of carbonyl (C=O) groups is 2. The molecule has 2 heterocycles. The summed E-state index contributed by atoms with van der Waals surface area (Å²) in [7, 11) is 3.77. The first-order valence-electron chi connectivity index (χ1n) is 10.4. The highest BCUT2D eigenvalue weighted by atomic mass is 16.3. The number of likely N-dealkylation sites (N-methyl/N-ethyl adjacent to an activating group) is 2. The summed E-state index contributed by atoms with van der Waals surface area (Å²) in [5.74, 6) is -0.627. The van der Waals surface area contributed by atoms with Gasteiger partial charge < -0.3 is 30.6 Å². The fraction of sp³-hybridized carbons (Fsp3) is 0.250. The van der Waals surface area contributed by atoms with Crippen molar-refractivity contribution in [3.05, 3.63) is 70.8 Å². The first-order valence-corrected chi connectivity index (χ1v) is 10.4. The number of carbonyl (C=O) groups excluding carboxylic acids is 2. The van der Waals surface area contributed by atoms with Crippen LogP contribution in [0.25, 0.3) is 11.4 Å². The van der Waals surface area contributed by atoms with E-state index < -0.39 is 0 Å². The summed E-state index contributed by atoms with van der Waals surface area (Å²) in [6, 6.07) is 15.0. The highest BCUT2D eigenvalue weighted by Gasteiger charge is 2.40. The lowest BCUT2D eigenvalue weighted by molar-refractivity contribution is -0.117. The van der Waals surface area contributed by atoms with E-state index in [1.54, 1.807) is 0 Å². The minimum absolute atomic E-state index is 0.0550. The van der Waals surface area contributed by atoms with Crippen LogP contribution < -0.4 is 20.4 Å². The molecule has 8 nitrogen and oxygen atoms in total. The zero-order valence-electron chi connectivity index (χ0n) is 18.1. The number of fused-ring (bicyclic) bond motifs is 1.